The standard InChI is InChI=1S/C14H23N3O2/c1-10-15-14(13(18)16(10)2)5-4-11-8-17(6-7-19-3)9-12(11)14/h11-12H,4-9H2,1-3H3/t11-,12+,14-/m0/s1. The molecule has 106 valence electrons. The number of fused-ring (bicyclic) bond motifs is 2. The Hall–Kier alpha value is -0.940. The average molecular weight is 265 g/mol. The highest BCUT2D eigenvalue weighted by Gasteiger charge is 2.59. The van der Waals surface area contributed by atoms with E-state index in [1.54, 1.807) is 12.0 Å². The van der Waals surface area contributed by atoms with Crippen LogP contribution in [0.4, 0.5) is 0 Å². The van der Waals surface area contributed by atoms with E-state index in [0.29, 0.717) is 11.8 Å². The number of carbonyl (C=O) groups is 1. The largest absolute Gasteiger partial charge is 0.383 e. The monoisotopic (exact) mass is 265 g/mol. The van der Waals surface area contributed by atoms with E-state index in [0.717, 1.165) is 44.9 Å². The van der Waals surface area contributed by atoms with Crippen LogP contribution in [-0.2, 0) is 9.53 Å². The third-order valence-electron chi connectivity index (χ3n) is 5.16. The Morgan fingerprint density at radius 1 is 1.47 bits per heavy atom. The van der Waals surface area contributed by atoms with Gasteiger partial charge in [0.2, 0.25) is 0 Å². The molecule has 0 N–H and O–H groups in total. The maximum atomic E-state index is 12.6. The van der Waals surface area contributed by atoms with E-state index in [1.807, 2.05) is 14.0 Å². The molecule has 5 heteroatoms. The van der Waals surface area contributed by atoms with Crippen molar-refractivity contribution in [2.75, 3.05) is 40.4 Å². The van der Waals surface area contributed by atoms with Gasteiger partial charge in [-0.3, -0.25) is 9.79 Å². The maximum Gasteiger partial charge on any atom is 0.255 e. The van der Waals surface area contributed by atoms with E-state index >= 15 is 0 Å². The van der Waals surface area contributed by atoms with Crippen molar-refractivity contribution in [1.29, 1.82) is 0 Å². The van der Waals surface area contributed by atoms with Crippen molar-refractivity contribution in [1.82, 2.24) is 9.80 Å². The lowest BCUT2D eigenvalue weighted by atomic mass is 9.85. The summed E-state index contributed by atoms with van der Waals surface area (Å²) in [6.45, 7) is 5.76. The van der Waals surface area contributed by atoms with E-state index in [2.05, 4.69) is 4.90 Å². The van der Waals surface area contributed by atoms with Gasteiger partial charge in [0.25, 0.3) is 5.91 Å². The molecule has 5 nitrogen and oxygen atoms in total. The summed E-state index contributed by atoms with van der Waals surface area (Å²) >= 11 is 0. The van der Waals surface area contributed by atoms with E-state index in [4.69, 9.17) is 9.73 Å². The van der Waals surface area contributed by atoms with Gasteiger partial charge in [-0.05, 0) is 25.7 Å². The van der Waals surface area contributed by atoms with Gasteiger partial charge in [0.15, 0.2) is 0 Å². The first-order valence-corrected chi connectivity index (χ1v) is 7.14. The fourth-order valence-corrected chi connectivity index (χ4v) is 4.04. The van der Waals surface area contributed by atoms with Crippen molar-refractivity contribution < 1.29 is 9.53 Å². The number of ether oxygens (including phenoxy) is 1. The first kappa shape index (κ1) is 13.1. The van der Waals surface area contributed by atoms with Gasteiger partial charge in [-0.2, -0.15) is 0 Å². The number of likely N-dealkylation sites (tertiary alicyclic amines) is 1. The van der Waals surface area contributed by atoms with Crippen molar-refractivity contribution in [3.05, 3.63) is 0 Å². The quantitative estimate of drug-likeness (QED) is 0.751. The Kier molecular flexibility index (Phi) is 3.14. The molecule has 19 heavy (non-hydrogen) atoms. The third-order valence-corrected chi connectivity index (χ3v) is 5.16. The summed E-state index contributed by atoms with van der Waals surface area (Å²) in [5.74, 6) is 2.12. The number of hydrogen-bond donors (Lipinski definition) is 0. The number of amides is 1. The molecule has 3 aliphatic rings. The Bertz CT molecular complexity index is 423. The normalized spacial score (nSPS) is 38.4. The number of aliphatic imine (C=N–C) groups is 1. The van der Waals surface area contributed by atoms with Crippen molar-refractivity contribution in [3.8, 4) is 0 Å². The predicted octanol–water partition coefficient (Wildman–Crippen LogP) is 0.604. The Balaban J connectivity index is 1.78. The lowest BCUT2D eigenvalue weighted by Crippen LogP contribution is -2.45. The number of nitrogens with zero attached hydrogens (tertiary/aromatic N) is 3. The lowest BCUT2D eigenvalue weighted by Gasteiger charge is -2.27. The Labute approximate surface area is 114 Å². The molecule has 0 radical (unpaired) electrons. The number of amidine groups is 1. The summed E-state index contributed by atoms with van der Waals surface area (Å²) in [6.07, 6.45) is 2.06. The van der Waals surface area contributed by atoms with Crippen LogP contribution in [0.2, 0.25) is 0 Å². The smallest absolute Gasteiger partial charge is 0.255 e. The van der Waals surface area contributed by atoms with Gasteiger partial charge in [-0.15, -0.1) is 0 Å². The summed E-state index contributed by atoms with van der Waals surface area (Å²) in [5, 5.41) is 0. The molecule has 1 saturated heterocycles. The minimum absolute atomic E-state index is 0.214. The van der Waals surface area contributed by atoms with Gasteiger partial charge >= 0.3 is 0 Å². The van der Waals surface area contributed by atoms with Crippen molar-refractivity contribution >= 4 is 11.7 Å². The maximum absolute atomic E-state index is 12.6. The summed E-state index contributed by atoms with van der Waals surface area (Å²) in [4.78, 5) is 21.5. The SMILES string of the molecule is COCCN1C[C@@H]2CC[C@]3(N=C(C)N(C)C3=O)[C@@H]2C1. The van der Waals surface area contributed by atoms with Gasteiger partial charge in [-0.25, -0.2) is 0 Å². The van der Waals surface area contributed by atoms with Crippen LogP contribution in [0.1, 0.15) is 19.8 Å². The van der Waals surface area contributed by atoms with E-state index in [9.17, 15) is 4.79 Å². The van der Waals surface area contributed by atoms with Crippen LogP contribution in [0, 0.1) is 11.8 Å². The molecule has 0 aromatic carbocycles. The highest BCUT2D eigenvalue weighted by Crippen LogP contribution is 2.49. The molecule has 0 aromatic heterocycles. The highest BCUT2D eigenvalue weighted by atomic mass is 16.5. The lowest BCUT2D eigenvalue weighted by molar-refractivity contribution is -0.131. The zero-order chi connectivity index (χ0) is 13.6. The van der Waals surface area contributed by atoms with Gasteiger partial charge < -0.3 is 14.5 Å². The molecule has 2 fully saturated rings. The predicted molar refractivity (Wildman–Crippen MR) is 73.1 cm³/mol. The highest BCUT2D eigenvalue weighted by molar-refractivity contribution is 6.07. The molecular weight excluding hydrogens is 242 g/mol. The zero-order valence-electron chi connectivity index (χ0n) is 12.1. The molecule has 0 bridgehead atoms. The molecule has 0 unspecified atom stereocenters. The Morgan fingerprint density at radius 3 is 2.89 bits per heavy atom. The number of methoxy groups -OCH3 is 1. The molecule has 0 aromatic rings. The van der Waals surface area contributed by atoms with E-state index in [-0.39, 0.29) is 5.91 Å². The van der Waals surface area contributed by atoms with Crippen LogP contribution in [0.15, 0.2) is 4.99 Å². The number of likely N-dealkylation sites (N-methyl/N-ethyl adjacent to an activating group) is 1. The van der Waals surface area contributed by atoms with Crippen LogP contribution in [0.3, 0.4) is 0 Å². The molecule has 1 spiro atoms. The second-order valence-electron chi connectivity index (χ2n) is 6.11. The molecule has 3 rings (SSSR count). The minimum atomic E-state index is -0.439. The van der Waals surface area contributed by atoms with Crippen molar-refractivity contribution in [2.45, 2.75) is 25.3 Å². The third kappa shape index (κ3) is 1.82. The van der Waals surface area contributed by atoms with Crippen molar-refractivity contribution in [3.63, 3.8) is 0 Å². The molecule has 1 saturated carbocycles. The van der Waals surface area contributed by atoms with Gasteiger partial charge in [0.1, 0.15) is 11.4 Å². The second kappa shape index (κ2) is 4.56. The molecule has 2 aliphatic heterocycles. The average Bonchev–Trinajstić information content (AvgIpc) is 3.00. The van der Waals surface area contributed by atoms with Gasteiger partial charge in [0.05, 0.1) is 6.61 Å². The first-order valence-electron chi connectivity index (χ1n) is 7.14. The summed E-state index contributed by atoms with van der Waals surface area (Å²) < 4.78 is 5.15. The molecule has 1 aliphatic carbocycles. The molecule has 1 amide bonds. The first-order chi connectivity index (χ1) is 9.08. The molecule has 2 heterocycles. The van der Waals surface area contributed by atoms with Crippen LogP contribution < -0.4 is 0 Å². The fraction of sp³-hybridized carbons (Fsp3) is 0.857. The van der Waals surface area contributed by atoms with E-state index < -0.39 is 5.54 Å². The Morgan fingerprint density at radius 2 is 2.26 bits per heavy atom. The zero-order valence-corrected chi connectivity index (χ0v) is 12.1. The number of carbonyl (C=O) groups excluding carboxylic acids is 1. The topological polar surface area (TPSA) is 45.1 Å². The van der Waals surface area contributed by atoms with E-state index in [1.165, 1.54) is 0 Å². The number of hydrogen-bond acceptors (Lipinski definition) is 4. The summed E-state index contributed by atoms with van der Waals surface area (Å²) in [5.41, 5.74) is -0.439. The summed E-state index contributed by atoms with van der Waals surface area (Å²) in [6, 6.07) is 0. The van der Waals surface area contributed by atoms with Gasteiger partial charge in [-0.1, -0.05) is 0 Å². The van der Waals surface area contributed by atoms with Crippen LogP contribution in [-0.4, -0.2) is 67.5 Å². The van der Waals surface area contributed by atoms with Crippen molar-refractivity contribution in [2.24, 2.45) is 16.8 Å². The minimum Gasteiger partial charge on any atom is -0.383 e. The fourth-order valence-electron chi connectivity index (χ4n) is 4.04. The van der Waals surface area contributed by atoms with Crippen LogP contribution in [0.25, 0.3) is 0 Å². The summed E-state index contributed by atoms with van der Waals surface area (Å²) in [7, 11) is 3.59. The van der Waals surface area contributed by atoms with Crippen LogP contribution >= 0.6 is 0 Å². The second-order valence-corrected chi connectivity index (χ2v) is 6.11. The van der Waals surface area contributed by atoms with Gasteiger partial charge in [0, 0.05) is 39.7 Å². The van der Waals surface area contributed by atoms with Crippen LogP contribution in [0.5, 0.6) is 0 Å². The molecular formula is C14H23N3O2. The number of rotatable bonds is 3. The molecule has 3 atom stereocenters.